The van der Waals surface area contributed by atoms with Crippen LogP contribution in [-0.4, -0.2) is 34.1 Å². The minimum Gasteiger partial charge on any atom is -0.481 e. The van der Waals surface area contributed by atoms with Gasteiger partial charge in [0.1, 0.15) is 0 Å². The number of imidazole rings is 1. The number of hydrogen-bond acceptors (Lipinski definition) is 4. The number of esters is 1. The average Bonchev–Trinajstić information content (AvgIpc) is 2.62. The number of aromatic amines is 1. The molecule has 0 fully saturated rings. The lowest BCUT2D eigenvalue weighted by Crippen LogP contribution is -2.13. The molecular weight excluding hydrogens is 212 g/mol. The normalized spacial score (nSPS) is 12.1. The molecule has 1 aromatic heterocycles. The van der Waals surface area contributed by atoms with E-state index in [9.17, 15) is 9.59 Å². The number of carbonyl (C=O) groups excluding carboxylic acids is 1. The fourth-order valence-electron chi connectivity index (χ4n) is 1.54. The Balaban J connectivity index is 2.83. The van der Waals surface area contributed by atoms with Crippen molar-refractivity contribution in [2.45, 2.75) is 25.7 Å². The van der Waals surface area contributed by atoms with Gasteiger partial charge in [0.2, 0.25) is 0 Å². The van der Waals surface area contributed by atoms with Gasteiger partial charge in [-0.1, -0.05) is 0 Å². The molecule has 0 bridgehead atoms. The van der Waals surface area contributed by atoms with E-state index >= 15 is 0 Å². The molecule has 1 aromatic rings. The third-order valence-corrected chi connectivity index (χ3v) is 2.32. The highest BCUT2D eigenvalue weighted by Gasteiger charge is 2.23. The van der Waals surface area contributed by atoms with Gasteiger partial charge in [-0.2, -0.15) is 0 Å². The van der Waals surface area contributed by atoms with Crippen molar-refractivity contribution in [3.05, 3.63) is 17.7 Å². The molecule has 6 heteroatoms. The number of methoxy groups -OCH3 is 1. The molecule has 1 atom stereocenters. The molecule has 1 unspecified atom stereocenters. The van der Waals surface area contributed by atoms with Crippen molar-refractivity contribution in [1.29, 1.82) is 0 Å². The second kappa shape index (κ2) is 5.29. The minimum absolute atomic E-state index is 0.0223. The largest absolute Gasteiger partial charge is 0.481 e. The Labute approximate surface area is 92.6 Å². The molecule has 1 heterocycles. The van der Waals surface area contributed by atoms with Gasteiger partial charge in [-0.15, -0.1) is 0 Å². The topological polar surface area (TPSA) is 92.3 Å². The molecule has 0 saturated carbocycles. The first-order valence-electron chi connectivity index (χ1n) is 4.83. The van der Waals surface area contributed by atoms with E-state index in [2.05, 4.69) is 14.7 Å². The minimum atomic E-state index is -0.962. The summed E-state index contributed by atoms with van der Waals surface area (Å²) >= 11 is 0. The summed E-state index contributed by atoms with van der Waals surface area (Å²) in [7, 11) is 1.28. The van der Waals surface area contributed by atoms with Crippen molar-refractivity contribution in [3.8, 4) is 0 Å². The van der Waals surface area contributed by atoms with Gasteiger partial charge < -0.3 is 14.8 Å². The molecule has 2 N–H and O–H groups in total. The maximum Gasteiger partial charge on any atom is 0.306 e. The summed E-state index contributed by atoms with van der Waals surface area (Å²) in [4.78, 5) is 28.7. The number of hydrogen-bond donors (Lipinski definition) is 2. The number of carboxylic acids is 1. The predicted molar refractivity (Wildman–Crippen MR) is 55.0 cm³/mol. The molecule has 88 valence electrons. The standard InChI is InChI=1S/C10H14N2O4/c1-6-10(12-5-11-6)7(3-8(13)14)4-9(15)16-2/h5,7H,3-4H2,1-2H3,(H,11,12)(H,13,14). The van der Waals surface area contributed by atoms with Gasteiger partial charge in [-0.25, -0.2) is 4.98 Å². The van der Waals surface area contributed by atoms with E-state index in [4.69, 9.17) is 5.11 Å². The Morgan fingerprint density at radius 1 is 1.56 bits per heavy atom. The second-order valence-corrected chi connectivity index (χ2v) is 3.49. The number of ether oxygens (including phenoxy) is 1. The monoisotopic (exact) mass is 226 g/mol. The molecule has 0 aliphatic heterocycles. The summed E-state index contributed by atoms with van der Waals surface area (Å²) in [6.07, 6.45) is 1.37. The lowest BCUT2D eigenvalue weighted by Gasteiger charge is -2.11. The van der Waals surface area contributed by atoms with Gasteiger partial charge in [-0.05, 0) is 6.92 Å². The van der Waals surface area contributed by atoms with Crippen LogP contribution in [0.25, 0.3) is 0 Å². The number of nitrogens with one attached hydrogen (secondary N) is 1. The number of carboxylic acid groups (broad SMARTS) is 1. The van der Waals surface area contributed by atoms with Crippen molar-refractivity contribution >= 4 is 11.9 Å². The second-order valence-electron chi connectivity index (χ2n) is 3.49. The van der Waals surface area contributed by atoms with Crippen LogP contribution in [0, 0.1) is 6.92 Å². The number of aromatic nitrogens is 2. The molecular formula is C10H14N2O4. The van der Waals surface area contributed by atoms with E-state index in [0.29, 0.717) is 5.69 Å². The molecule has 1 rings (SSSR count). The molecule has 0 amide bonds. The van der Waals surface area contributed by atoms with E-state index in [1.54, 1.807) is 6.92 Å². The highest BCUT2D eigenvalue weighted by molar-refractivity contribution is 5.73. The smallest absolute Gasteiger partial charge is 0.306 e. The van der Waals surface area contributed by atoms with Crippen LogP contribution in [0.2, 0.25) is 0 Å². The van der Waals surface area contributed by atoms with Gasteiger partial charge >= 0.3 is 11.9 Å². The molecule has 0 aromatic carbocycles. The van der Waals surface area contributed by atoms with Crippen LogP contribution in [0.5, 0.6) is 0 Å². The maximum atomic E-state index is 11.2. The quantitative estimate of drug-likeness (QED) is 0.726. The van der Waals surface area contributed by atoms with Crippen molar-refractivity contribution in [2.75, 3.05) is 7.11 Å². The summed E-state index contributed by atoms with van der Waals surface area (Å²) in [6.45, 7) is 1.79. The predicted octanol–water partition coefficient (Wildman–Crippen LogP) is 0.840. The summed E-state index contributed by atoms with van der Waals surface area (Å²) in [5.74, 6) is -1.85. The Bertz CT molecular complexity index is 386. The first kappa shape index (κ1) is 12.2. The fraction of sp³-hybridized carbons (Fsp3) is 0.500. The molecule has 6 nitrogen and oxygen atoms in total. The Morgan fingerprint density at radius 3 is 2.69 bits per heavy atom. The van der Waals surface area contributed by atoms with E-state index in [-0.39, 0.29) is 12.8 Å². The molecule has 16 heavy (non-hydrogen) atoms. The number of aryl methyl sites for hydroxylation is 1. The molecule has 0 spiro atoms. The molecule has 0 radical (unpaired) electrons. The third-order valence-electron chi connectivity index (χ3n) is 2.32. The number of nitrogens with zero attached hydrogens (tertiary/aromatic N) is 1. The lowest BCUT2D eigenvalue weighted by atomic mass is 9.96. The van der Waals surface area contributed by atoms with Gasteiger partial charge in [-0.3, -0.25) is 9.59 Å². The molecule has 0 saturated heterocycles. The van der Waals surface area contributed by atoms with Crippen LogP contribution in [-0.2, 0) is 14.3 Å². The van der Waals surface area contributed by atoms with Crippen LogP contribution < -0.4 is 0 Å². The van der Waals surface area contributed by atoms with Crippen molar-refractivity contribution < 1.29 is 19.4 Å². The Hall–Kier alpha value is -1.85. The van der Waals surface area contributed by atoms with E-state index < -0.39 is 17.9 Å². The highest BCUT2D eigenvalue weighted by Crippen LogP contribution is 2.24. The number of aliphatic carboxylic acids is 1. The number of rotatable bonds is 5. The first-order valence-corrected chi connectivity index (χ1v) is 4.83. The van der Waals surface area contributed by atoms with E-state index in [0.717, 1.165) is 5.69 Å². The van der Waals surface area contributed by atoms with Gasteiger partial charge in [0.05, 0.1) is 32.0 Å². The zero-order valence-electron chi connectivity index (χ0n) is 9.19. The molecule has 0 aliphatic rings. The van der Waals surface area contributed by atoms with Crippen LogP contribution in [0.1, 0.15) is 30.1 Å². The SMILES string of the molecule is COC(=O)CC(CC(=O)O)c1nc[nH]c1C. The molecule has 0 aliphatic carbocycles. The zero-order valence-corrected chi connectivity index (χ0v) is 9.19. The summed E-state index contributed by atoms with van der Waals surface area (Å²) in [5.41, 5.74) is 1.38. The Kier molecular flexibility index (Phi) is 4.04. The van der Waals surface area contributed by atoms with Crippen LogP contribution in [0.3, 0.4) is 0 Å². The maximum absolute atomic E-state index is 11.2. The average molecular weight is 226 g/mol. The van der Waals surface area contributed by atoms with Crippen LogP contribution in [0.15, 0.2) is 6.33 Å². The fourth-order valence-corrected chi connectivity index (χ4v) is 1.54. The van der Waals surface area contributed by atoms with Gasteiger partial charge in [0, 0.05) is 11.6 Å². The lowest BCUT2D eigenvalue weighted by molar-refractivity contribution is -0.141. The van der Waals surface area contributed by atoms with Crippen LogP contribution in [0.4, 0.5) is 0 Å². The summed E-state index contributed by atoms with van der Waals surface area (Å²) in [5, 5.41) is 8.77. The van der Waals surface area contributed by atoms with E-state index in [1.807, 2.05) is 0 Å². The van der Waals surface area contributed by atoms with Crippen molar-refractivity contribution in [1.82, 2.24) is 9.97 Å². The third kappa shape index (κ3) is 3.08. The van der Waals surface area contributed by atoms with E-state index in [1.165, 1.54) is 13.4 Å². The zero-order chi connectivity index (χ0) is 12.1. The number of carbonyl (C=O) groups is 2. The van der Waals surface area contributed by atoms with Crippen LogP contribution >= 0.6 is 0 Å². The first-order chi connectivity index (χ1) is 7.54. The van der Waals surface area contributed by atoms with Crippen molar-refractivity contribution in [2.24, 2.45) is 0 Å². The Morgan fingerprint density at radius 2 is 2.25 bits per heavy atom. The number of H-pyrrole nitrogens is 1. The highest BCUT2D eigenvalue weighted by atomic mass is 16.5. The summed E-state index contributed by atoms with van der Waals surface area (Å²) < 4.78 is 4.53. The summed E-state index contributed by atoms with van der Waals surface area (Å²) in [6, 6.07) is 0. The van der Waals surface area contributed by atoms with Gasteiger partial charge in [0.25, 0.3) is 0 Å². The van der Waals surface area contributed by atoms with Crippen molar-refractivity contribution in [3.63, 3.8) is 0 Å². The van der Waals surface area contributed by atoms with Gasteiger partial charge in [0.15, 0.2) is 0 Å².